The number of urea groups is 1. The zero-order valence-electron chi connectivity index (χ0n) is 17.5. The summed E-state index contributed by atoms with van der Waals surface area (Å²) >= 11 is 0. The van der Waals surface area contributed by atoms with E-state index < -0.39 is 24.5 Å². The lowest BCUT2D eigenvalue weighted by Gasteiger charge is -2.29. The van der Waals surface area contributed by atoms with Gasteiger partial charge in [0.1, 0.15) is 0 Å². The van der Waals surface area contributed by atoms with Crippen molar-refractivity contribution in [3.05, 3.63) is 41.3 Å². The van der Waals surface area contributed by atoms with Gasteiger partial charge >= 0.3 is 12.0 Å². The molecule has 0 spiro atoms. The molecule has 0 saturated heterocycles. The molecule has 0 aromatic carbocycles. The molecule has 2 atom stereocenters. The number of amides is 3. The lowest BCUT2D eigenvalue weighted by molar-refractivity contribution is -0.123. The Morgan fingerprint density at radius 2 is 1.97 bits per heavy atom. The number of nitrogens with one attached hydrogen (secondary N) is 2. The maximum absolute atomic E-state index is 12.1. The van der Waals surface area contributed by atoms with E-state index in [9.17, 15) is 14.4 Å². The summed E-state index contributed by atoms with van der Waals surface area (Å²) < 4.78 is 6.65. The van der Waals surface area contributed by atoms with Gasteiger partial charge in [0.15, 0.2) is 12.4 Å². The Hall–Kier alpha value is -3.23. The average Bonchev–Trinajstić information content (AvgIpc) is 3.06. The Morgan fingerprint density at radius 1 is 1.20 bits per heavy atom. The predicted octanol–water partition coefficient (Wildman–Crippen LogP) is 2.45. The van der Waals surface area contributed by atoms with Gasteiger partial charge in [-0.25, -0.2) is 19.3 Å². The molecule has 0 radical (unpaired) electrons. The van der Waals surface area contributed by atoms with Gasteiger partial charge in [0.2, 0.25) is 0 Å². The molecule has 3 rings (SSSR count). The van der Waals surface area contributed by atoms with Gasteiger partial charge in [0.25, 0.3) is 5.91 Å². The largest absolute Gasteiger partial charge is 0.452 e. The van der Waals surface area contributed by atoms with Crippen LogP contribution in [0.3, 0.4) is 0 Å². The number of esters is 1. The van der Waals surface area contributed by atoms with Crippen LogP contribution >= 0.6 is 0 Å². The van der Waals surface area contributed by atoms with E-state index in [1.54, 1.807) is 16.8 Å². The number of nitrogens with zero attached hydrogens (tertiary/aromatic N) is 3. The van der Waals surface area contributed by atoms with E-state index in [1.165, 1.54) is 6.20 Å². The number of hydrogen-bond acceptors (Lipinski definition) is 6. The minimum atomic E-state index is -0.695. The summed E-state index contributed by atoms with van der Waals surface area (Å²) in [6.45, 7) is 5.33. The Bertz CT molecular complexity index is 922. The number of imide groups is 1. The Morgan fingerprint density at radius 3 is 2.60 bits per heavy atom. The molecule has 2 unspecified atom stereocenters. The van der Waals surface area contributed by atoms with Crippen LogP contribution < -0.4 is 10.6 Å². The zero-order chi connectivity index (χ0) is 21.7. The second-order valence-electron chi connectivity index (χ2n) is 7.71. The van der Waals surface area contributed by atoms with Gasteiger partial charge < -0.3 is 10.1 Å². The fraction of sp³-hybridized carbons (Fsp3) is 0.476. The standard InChI is InChI=1S/C21H27N5O4/c1-13-6-4-5-7-17(13)23-21(29)24-19(27)12-30-20(28)16-8-9-18(22-11-16)26-15(3)10-14(2)25-26/h8-11,13,17H,4-7,12H2,1-3H3,(H2,23,24,27,29). The number of carbonyl (C=O) groups is 3. The van der Waals surface area contributed by atoms with Crippen LogP contribution in [0.4, 0.5) is 4.79 Å². The normalized spacial score (nSPS) is 18.5. The van der Waals surface area contributed by atoms with E-state index in [1.807, 2.05) is 19.9 Å². The lowest BCUT2D eigenvalue weighted by atomic mass is 9.86. The first-order valence-electron chi connectivity index (χ1n) is 10.1. The highest BCUT2D eigenvalue weighted by atomic mass is 16.5. The number of carbonyl (C=O) groups excluding carboxylic acids is 3. The third kappa shape index (κ3) is 5.43. The van der Waals surface area contributed by atoms with E-state index in [-0.39, 0.29) is 11.6 Å². The van der Waals surface area contributed by atoms with E-state index in [0.717, 1.165) is 37.1 Å². The van der Waals surface area contributed by atoms with Crippen molar-refractivity contribution in [2.45, 2.75) is 52.5 Å². The molecule has 160 valence electrons. The summed E-state index contributed by atoms with van der Waals surface area (Å²) in [4.78, 5) is 40.3. The van der Waals surface area contributed by atoms with E-state index in [0.29, 0.717) is 11.7 Å². The van der Waals surface area contributed by atoms with Crippen LogP contribution in [0.15, 0.2) is 24.4 Å². The third-order valence-corrected chi connectivity index (χ3v) is 5.23. The van der Waals surface area contributed by atoms with Crippen molar-refractivity contribution >= 4 is 17.9 Å². The second kappa shape index (κ2) is 9.51. The molecule has 2 N–H and O–H groups in total. The molecule has 1 aliphatic carbocycles. The Labute approximate surface area is 175 Å². The fourth-order valence-electron chi connectivity index (χ4n) is 3.61. The van der Waals surface area contributed by atoms with E-state index >= 15 is 0 Å². The van der Waals surface area contributed by atoms with Crippen LogP contribution in [0.25, 0.3) is 5.82 Å². The molecule has 3 amide bonds. The van der Waals surface area contributed by atoms with Crippen molar-refractivity contribution in [2.75, 3.05) is 6.61 Å². The smallest absolute Gasteiger partial charge is 0.340 e. The van der Waals surface area contributed by atoms with Crippen LogP contribution in [-0.4, -0.2) is 45.3 Å². The van der Waals surface area contributed by atoms with Crippen molar-refractivity contribution in [2.24, 2.45) is 5.92 Å². The van der Waals surface area contributed by atoms with Crippen LogP contribution in [0.1, 0.15) is 54.4 Å². The summed E-state index contributed by atoms with van der Waals surface area (Å²) in [6, 6.07) is 4.62. The molecular weight excluding hydrogens is 386 g/mol. The molecule has 1 saturated carbocycles. The topological polar surface area (TPSA) is 115 Å². The molecule has 30 heavy (non-hydrogen) atoms. The third-order valence-electron chi connectivity index (χ3n) is 5.23. The van der Waals surface area contributed by atoms with Crippen LogP contribution in [0, 0.1) is 19.8 Å². The Kier molecular flexibility index (Phi) is 6.81. The molecular formula is C21H27N5O4. The quantitative estimate of drug-likeness (QED) is 0.728. The molecule has 2 aromatic heterocycles. The second-order valence-corrected chi connectivity index (χ2v) is 7.71. The number of aromatic nitrogens is 3. The van der Waals surface area contributed by atoms with Crippen LogP contribution in [0.5, 0.6) is 0 Å². The highest BCUT2D eigenvalue weighted by molar-refractivity contribution is 5.97. The number of ether oxygens (including phenoxy) is 1. The van der Waals surface area contributed by atoms with Crippen LogP contribution in [-0.2, 0) is 9.53 Å². The van der Waals surface area contributed by atoms with Gasteiger partial charge in [0, 0.05) is 17.9 Å². The van der Waals surface area contributed by atoms with Crippen molar-refractivity contribution in [3.63, 3.8) is 0 Å². The van der Waals surface area contributed by atoms with Crippen LogP contribution in [0.2, 0.25) is 0 Å². The number of hydrogen-bond donors (Lipinski definition) is 2. The van der Waals surface area contributed by atoms with Crippen molar-refractivity contribution in [1.29, 1.82) is 0 Å². The molecule has 2 aromatic rings. The summed E-state index contributed by atoms with van der Waals surface area (Å²) in [5.41, 5.74) is 1.99. The summed E-state index contributed by atoms with van der Waals surface area (Å²) in [5, 5.41) is 9.35. The van der Waals surface area contributed by atoms with Crippen molar-refractivity contribution in [3.8, 4) is 5.82 Å². The lowest BCUT2D eigenvalue weighted by Crippen LogP contribution is -2.48. The zero-order valence-corrected chi connectivity index (χ0v) is 17.5. The minimum absolute atomic E-state index is 0.0564. The number of rotatable bonds is 5. The summed E-state index contributed by atoms with van der Waals surface area (Å²) in [6.07, 6.45) is 5.55. The number of pyridine rings is 1. The van der Waals surface area contributed by atoms with Crippen molar-refractivity contribution in [1.82, 2.24) is 25.4 Å². The molecule has 1 fully saturated rings. The van der Waals surface area contributed by atoms with E-state index in [2.05, 4.69) is 27.6 Å². The average molecular weight is 413 g/mol. The maximum atomic E-state index is 12.1. The van der Waals surface area contributed by atoms with Gasteiger partial charge in [-0.3, -0.25) is 10.1 Å². The highest BCUT2D eigenvalue weighted by Gasteiger charge is 2.23. The van der Waals surface area contributed by atoms with Gasteiger partial charge in [-0.05, 0) is 50.8 Å². The first kappa shape index (κ1) is 21.5. The summed E-state index contributed by atoms with van der Waals surface area (Å²) in [7, 11) is 0. The van der Waals surface area contributed by atoms with Gasteiger partial charge in [-0.15, -0.1) is 0 Å². The predicted molar refractivity (Wildman–Crippen MR) is 109 cm³/mol. The van der Waals surface area contributed by atoms with Crippen molar-refractivity contribution < 1.29 is 19.1 Å². The highest BCUT2D eigenvalue weighted by Crippen LogP contribution is 2.23. The van der Waals surface area contributed by atoms with Gasteiger partial charge in [0.05, 0.1) is 11.3 Å². The SMILES string of the molecule is Cc1cc(C)n(-c2ccc(C(=O)OCC(=O)NC(=O)NC3CCCCC3C)cn2)n1. The molecule has 0 aliphatic heterocycles. The fourth-order valence-corrected chi connectivity index (χ4v) is 3.61. The monoisotopic (exact) mass is 413 g/mol. The molecule has 1 aliphatic rings. The molecule has 0 bridgehead atoms. The van der Waals surface area contributed by atoms with Gasteiger partial charge in [-0.2, -0.15) is 5.10 Å². The Balaban J connectivity index is 1.47. The molecule has 9 nitrogen and oxygen atoms in total. The first-order chi connectivity index (χ1) is 14.3. The summed E-state index contributed by atoms with van der Waals surface area (Å²) in [5.74, 6) is -0.429. The number of aryl methyl sites for hydroxylation is 2. The minimum Gasteiger partial charge on any atom is -0.452 e. The van der Waals surface area contributed by atoms with Gasteiger partial charge in [-0.1, -0.05) is 19.8 Å². The maximum Gasteiger partial charge on any atom is 0.340 e. The molecule has 9 heteroatoms. The molecule has 2 heterocycles. The van der Waals surface area contributed by atoms with E-state index in [4.69, 9.17) is 4.74 Å². The first-order valence-corrected chi connectivity index (χ1v) is 10.1.